The number of morpholine rings is 1. The molecule has 2 saturated heterocycles. The molecule has 6 nitrogen and oxygen atoms in total. The van der Waals surface area contributed by atoms with Crippen molar-refractivity contribution in [3.63, 3.8) is 0 Å². The van der Waals surface area contributed by atoms with Crippen LogP contribution < -0.4 is 9.80 Å². The van der Waals surface area contributed by atoms with E-state index in [1.165, 1.54) is 5.69 Å². The lowest BCUT2D eigenvalue weighted by Crippen LogP contribution is -2.47. The van der Waals surface area contributed by atoms with Crippen LogP contribution in [0.3, 0.4) is 0 Å². The molecule has 7 heteroatoms. The summed E-state index contributed by atoms with van der Waals surface area (Å²) in [6.45, 7) is 7.93. The summed E-state index contributed by atoms with van der Waals surface area (Å²) in [6.07, 6.45) is 0. The molecule has 0 amide bonds. The molecule has 0 saturated carbocycles. The van der Waals surface area contributed by atoms with Crippen LogP contribution in [0.15, 0.2) is 48.5 Å². The summed E-state index contributed by atoms with van der Waals surface area (Å²) in [7, 11) is 0. The quantitative estimate of drug-likeness (QED) is 0.640. The number of hydrogen-bond donors (Lipinski definition) is 0. The molecule has 0 spiro atoms. The fourth-order valence-corrected chi connectivity index (χ4v) is 4.41. The smallest absolute Gasteiger partial charge is 0.145 e. The Hall–Kier alpha value is -2.41. The monoisotopic (exact) mass is 423 g/mol. The molecular formula is C23H26ClN5O. The Morgan fingerprint density at radius 1 is 0.833 bits per heavy atom. The van der Waals surface area contributed by atoms with Gasteiger partial charge in [-0.05, 0) is 30.3 Å². The molecule has 2 aliphatic heterocycles. The van der Waals surface area contributed by atoms with Gasteiger partial charge in [0.2, 0.25) is 0 Å². The molecule has 156 valence electrons. The molecule has 0 unspecified atom stereocenters. The van der Waals surface area contributed by atoms with Crippen LogP contribution in [0.2, 0.25) is 5.02 Å². The summed E-state index contributed by atoms with van der Waals surface area (Å²) < 4.78 is 5.48. The van der Waals surface area contributed by atoms with E-state index in [0.717, 1.165) is 86.6 Å². The first kappa shape index (κ1) is 19.5. The molecular weight excluding hydrogens is 398 g/mol. The average Bonchev–Trinajstić information content (AvgIpc) is 2.79. The number of aromatic nitrogens is 2. The zero-order valence-corrected chi connectivity index (χ0v) is 17.8. The SMILES string of the molecule is Clc1cccc(N2CCN(c3nc(CN4CCOCC4)nc4ccccc34)CC2)c1. The lowest BCUT2D eigenvalue weighted by molar-refractivity contribution is 0.0331. The van der Waals surface area contributed by atoms with Gasteiger partial charge in [-0.1, -0.05) is 29.8 Å². The van der Waals surface area contributed by atoms with Gasteiger partial charge in [-0.2, -0.15) is 0 Å². The number of anilines is 2. The number of hydrogen-bond acceptors (Lipinski definition) is 6. The fourth-order valence-electron chi connectivity index (χ4n) is 4.23. The van der Waals surface area contributed by atoms with Gasteiger partial charge in [-0.3, -0.25) is 4.90 Å². The van der Waals surface area contributed by atoms with Gasteiger partial charge in [0.25, 0.3) is 0 Å². The molecule has 2 fully saturated rings. The minimum Gasteiger partial charge on any atom is -0.379 e. The maximum absolute atomic E-state index is 6.19. The number of ether oxygens (including phenoxy) is 1. The van der Waals surface area contributed by atoms with Gasteiger partial charge < -0.3 is 14.5 Å². The Morgan fingerprint density at radius 3 is 2.40 bits per heavy atom. The van der Waals surface area contributed by atoms with Crippen molar-refractivity contribution in [3.8, 4) is 0 Å². The maximum atomic E-state index is 6.19. The Balaban J connectivity index is 1.38. The van der Waals surface area contributed by atoms with E-state index in [2.05, 4.69) is 45.0 Å². The predicted molar refractivity (Wildman–Crippen MR) is 122 cm³/mol. The highest BCUT2D eigenvalue weighted by molar-refractivity contribution is 6.30. The molecule has 2 aliphatic rings. The Morgan fingerprint density at radius 2 is 1.60 bits per heavy atom. The zero-order chi connectivity index (χ0) is 20.3. The molecule has 0 bridgehead atoms. The van der Waals surface area contributed by atoms with E-state index >= 15 is 0 Å². The van der Waals surface area contributed by atoms with E-state index in [1.807, 2.05) is 18.2 Å². The summed E-state index contributed by atoms with van der Waals surface area (Å²) in [5.74, 6) is 1.94. The molecule has 30 heavy (non-hydrogen) atoms. The highest BCUT2D eigenvalue weighted by atomic mass is 35.5. The van der Waals surface area contributed by atoms with Crippen LogP contribution in [-0.2, 0) is 11.3 Å². The van der Waals surface area contributed by atoms with Crippen molar-refractivity contribution in [3.05, 3.63) is 59.4 Å². The number of fused-ring (bicyclic) bond motifs is 1. The highest BCUT2D eigenvalue weighted by Gasteiger charge is 2.22. The summed E-state index contributed by atoms with van der Waals surface area (Å²) >= 11 is 6.19. The zero-order valence-electron chi connectivity index (χ0n) is 17.0. The van der Waals surface area contributed by atoms with E-state index in [-0.39, 0.29) is 0 Å². The van der Waals surface area contributed by atoms with E-state index < -0.39 is 0 Å². The van der Waals surface area contributed by atoms with Crippen LogP contribution in [0.25, 0.3) is 10.9 Å². The summed E-state index contributed by atoms with van der Waals surface area (Å²) in [5, 5.41) is 1.91. The van der Waals surface area contributed by atoms with Gasteiger partial charge in [0, 0.05) is 55.4 Å². The Labute approximate surface area is 182 Å². The predicted octanol–water partition coefficient (Wildman–Crippen LogP) is 3.44. The first-order valence-electron chi connectivity index (χ1n) is 10.6. The molecule has 0 radical (unpaired) electrons. The maximum Gasteiger partial charge on any atom is 0.145 e. The van der Waals surface area contributed by atoms with E-state index in [0.29, 0.717) is 0 Å². The molecule has 5 rings (SSSR count). The second-order valence-electron chi connectivity index (χ2n) is 7.82. The normalized spacial score (nSPS) is 18.2. The third kappa shape index (κ3) is 4.21. The minimum atomic E-state index is 0.768. The van der Waals surface area contributed by atoms with Crippen LogP contribution in [0.4, 0.5) is 11.5 Å². The minimum absolute atomic E-state index is 0.768. The van der Waals surface area contributed by atoms with Gasteiger partial charge in [0.15, 0.2) is 0 Å². The first-order chi connectivity index (χ1) is 14.8. The van der Waals surface area contributed by atoms with Crippen molar-refractivity contribution >= 4 is 34.0 Å². The van der Waals surface area contributed by atoms with E-state index in [1.54, 1.807) is 0 Å². The largest absolute Gasteiger partial charge is 0.379 e. The second-order valence-corrected chi connectivity index (χ2v) is 8.26. The molecule has 1 aromatic heterocycles. The van der Waals surface area contributed by atoms with Crippen molar-refractivity contribution < 1.29 is 4.74 Å². The van der Waals surface area contributed by atoms with Gasteiger partial charge in [0.05, 0.1) is 25.3 Å². The standard InChI is InChI=1S/C23H26ClN5O/c24-18-4-3-5-19(16-18)28-8-10-29(11-9-28)23-20-6-1-2-7-21(20)25-22(26-23)17-27-12-14-30-15-13-27/h1-7,16H,8-15,17H2. The first-order valence-corrected chi connectivity index (χ1v) is 11.0. The van der Waals surface area contributed by atoms with E-state index in [4.69, 9.17) is 26.3 Å². The third-order valence-electron chi connectivity index (χ3n) is 5.85. The number of rotatable bonds is 4. The van der Waals surface area contributed by atoms with Crippen LogP contribution in [-0.4, -0.2) is 67.4 Å². The number of halogens is 1. The molecule has 3 aromatic rings. The highest BCUT2D eigenvalue weighted by Crippen LogP contribution is 2.27. The van der Waals surface area contributed by atoms with Crippen molar-refractivity contribution in [1.82, 2.24) is 14.9 Å². The van der Waals surface area contributed by atoms with Crippen molar-refractivity contribution in [2.75, 3.05) is 62.3 Å². The Bertz CT molecular complexity index is 1020. The van der Waals surface area contributed by atoms with E-state index in [9.17, 15) is 0 Å². The van der Waals surface area contributed by atoms with Gasteiger partial charge in [-0.15, -0.1) is 0 Å². The number of para-hydroxylation sites is 1. The van der Waals surface area contributed by atoms with Crippen LogP contribution in [0.5, 0.6) is 0 Å². The second kappa shape index (κ2) is 8.76. The lowest BCUT2D eigenvalue weighted by atomic mass is 10.2. The van der Waals surface area contributed by atoms with Gasteiger partial charge in [-0.25, -0.2) is 9.97 Å². The van der Waals surface area contributed by atoms with Crippen LogP contribution in [0, 0.1) is 0 Å². The molecule has 0 atom stereocenters. The molecule has 0 N–H and O–H groups in total. The van der Waals surface area contributed by atoms with Crippen LogP contribution in [0.1, 0.15) is 5.82 Å². The number of piperazine rings is 1. The third-order valence-corrected chi connectivity index (χ3v) is 6.09. The summed E-state index contributed by atoms with van der Waals surface area (Å²) in [4.78, 5) is 17.0. The van der Waals surface area contributed by atoms with Crippen molar-refractivity contribution in [1.29, 1.82) is 0 Å². The number of benzene rings is 2. The fraction of sp³-hybridized carbons (Fsp3) is 0.391. The van der Waals surface area contributed by atoms with Crippen molar-refractivity contribution in [2.45, 2.75) is 6.54 Å². The molecule has 0 aliphatic carbocycles. The summed E-state index contributed by atoms with van der Waals surface area (Å²) in [6, 6.07) is 16.4. The molecule has 3 heterocycles. The number of nitrogens with zero attached hydrogens (tertiary/aromatic N) is 5. The molecule has 2 aromatic carbocycles. The van der Waals surface area contributed by atoms with Crippen molar-refractivity contribution in [2.24, 2.45) is 0 Å². The average molecular weight is 424 g/mol. The topological polar surface area (TPSA) is 44.7 Å². The van der Waals surface area contributed by atoms with Crippen LogP contribution >= 0.6 is 11.6 Å². The van der Waals surface area contributed by atoms with Gasteiger partial charge in [0.1, 0.15) is 11.6 Å². The summed E-state index contributed by atoms with van der Waals surface area (Å²) in [5.41, 5.74) is 2.20. The Kier molecular flexibility index (Phi) is 5.71. The van der Waals surface area contributed by atoms with Gasteiger partial charge >= 0.3 is 0 Å². The lowest BCUT2D eigenvalue weighted by Gasteiger charge is -2.37.